The number of aryl methyl sites for hydroxylation is 1. The number of amides is 1. The van der Waals surface area contributed by atoms with Crippen LogP contribution in [0.3, 0.4) is 0 Å². The van der Waals surface area contributed by atoms with Crippen LogP contribution >= 0.6 is 11.3 Å². The summed E-state index contributed by atoms with van der Waals surface area (Å²) < 4.78 is 12.4. The van der Waals surface area contributed by atoms with E-state index in [0.29, 0.717) is 71.6 Å². The van der Waals surface area contributed by atoms with Gasteiger partial charge in [-0.3, -0.25) is 9.69 Å². The number of likely N-dealkylation sites (N-methyl/N-ethyl adjacent to an activating group) is 1. The minimum atomic E-state index is -0.622. The molecule has 0 unspecified atom stereocenters. The molecule has 0 bridgehead atoms. The molecule has 0 radical (unpaired) electrons. The second kappa shape index (κ2) is 11.9. The number of ether oxygens (including phenoxy) is 1. The first kappa shape index (κ1) is 30.1. The highest BCUT2D eigenvalue weighted by Gasteiger charge is 2.43. The summed E-state index contributed by atoms with van der Waals surface area (Å²) in [6, 6.07) is 6.54. The molecule has 44 heavy (non-hydrogen) atoms. The van der Waals surface area contributed by atoms with Gasteiger partial charge in [-0.1, -0.05) is 11.7 Å². The van der Waals surface area contributed by atoms with Crippen molar-refractivity contribution in [2.24, 2.45) is 0 Å². The number of carbonyl (C=O) groups is 1. The Morgan fingerprint density at radius 3 is 2.70 bits per heavy atom. The van der Waals surface area contributed by atoms with E-state index in [1.165, 1.54) is 11.3 Å². The Bertz CT molecular complexity index is 1620. The summed E-state index contributed by atoms with van der Waals surface area (Å²) in [5.74, 6) is 1.30. The fourth-order valence-electron chi connectivity index (χ4n) is 6.95. The lowest BCUT2D eigenvalue weighted by atomic mass is 9.72. The number of hydrogen-bond acceptors (Lipinski definition) is 11. The summed E-state index contributed by atoms with van der Waals surface area (Å²) in [5.41, 5.74) is 9.05. The van der Waals surface area contributed by atoms with E-state index in [1.54, 1.807) is 6.92 Å². The molecule has 1 aliphatic carbocycles. The summed E-state index contributed by atoms with van der Waals surface area (Å²) >= 11 is 1.48. The highest BCUT2D eigenvalue weighted by atomic mass is 32.1. The van der Waals surface area contributed by atoms with Gasteiger partial charge in [0.1, 0.15) is 22.9 Å². The minimum absolute atomic E-state index is 0.00998. The predicted molar refractivity (Wildman–Crippen MR) is 170 cm³/mol. The van der Waals surface area contributed by atoms with Crippen LogP contribution in [0.15, 0.2) is 28.8 Å². The van der Waals surface area contributed by atoms with Crippen LogP contribution in [-0.2, 0) is 16.6 Å². The zero-order valence-corrected chi connectivity index (χ0v) is 26.7. The number of rotatable bonds is 7. The topological polar surface area (TPSA) is 138 Å². The summed E-state index contributed by atoms with van der Waals surface area (Å²) in [7, 11) is 2.13. The second-order valence-electron chi connectivity index (χ2n) is 12.5. The SMILES string of the molecule is C=C(C)C(=O)N1CCN(c2cc(O[C@@H](C)[C@@H]3CCCN3C)nc(-c3noc([C@@]4(C)CCCc5sc(N)c(C#N)c54)n3)c2)CC1. The van der Waals surface area contributed by atoms with Crippen LogP contribution in [-0.4, -0.2) is 82.7 Å². The molecule has 0 aromatic carbocycles. The normalized spacial score (nSPS) is 22.8. The molecule has 0 saturated carbocycles. The van der Waals surface area contributed by atoms with Crippen LogP contribution < -0.4 is 15.4 Å². The zero-order valence-electron chi connectivity index (χ0n) is 25.9. The Kier molecular flexibility index (Phi) is 8.11. The zero-order chi connectivity index (χ0) is 31.2. The van der Waals surface area contributed by atoms with Crippen molar-refractivity contribution in [1.82, 2.24) is 24.9 Å². The van der Waals surface area contributed by atoms with Crippen LogP contribution in [0.2, 0.25) is 0 Å². The van der Waals surface area contributed by atoms with Gasteiger partial charge in [0.25, 0.3) is 0 Å². The first-order valence-electron chi connectivity index (χ1n) is 15.3. The van der Waals surface area contributed by atoms with Crippen LogP contribution in [0.4, 0.5) is 10.7 Å². The molecule has 2 saturated heterocycles. The molecular weight excluding hydrogens is 576 g/mol. The molecule has 3 aromatic rings. The number of carbonyl (C=O) groups excluding carboxylic acids is 1. The van der Waals surface area contributed by atoms with Crippen molar-refractivity contribution < 1.29 is 14.1 Å². The lowest BCUT2D eigenvalue weighted by Crippen LogP contribution is -2.49. The predicted octanol–water partition coefficient (Wildman–Crippen LogP) is 4.38. The Morgan fingerprint density at radius 2 is 2.02 bits per heavy atom. The molecule has 3 aromatic heterocycles. The molecule has 11 nitrogen and oxygen atoms in total. The van der Waals surface area contributed by atoms with E-state index >= 15 is 0 Å². The molecule has 232 valence electrons. The van der Waals surface area contributed by atoms with Gasteiger partial charge in [0.05, 0.1) is 11.0 Å². The number of nitriles is 1. The number of likely N-dealkylation sites (tertiary alicyclic amines) is 1. The third-order valence-corrected chi connectivity index (χ3v) is 10.5. The molecule has 12 heteroatoms. The maximum Gasteiger partial charge on any atom is 0.249 e. The molecular formula is C32H40N8O3S. The fourth-order valence-corrected chi connectivity index (χ4v) is 8.14. The molecule has 5 heterocycles. The van der Waals surface area contributed by atoms with Crippen molar-refractivity contribution in [2.45, 2.75) is 70.4 Å². The number of piperazine rings is 1. The minimum Gasteiger partial charge on any atom is -0.473 e. The molecule has 2 fully saturated rings. The van der Waals surface area contributed by atoms with Crippen molar-refractivity contribution in [3.8, 4) is 23.5 Å². The van der Waals surface area contributed by atoms with Crippen LogP contribution in [0, 0.1) is 11.3 Å². The molecule has 3 atom stereocenters. The molecule has 0 spiro atoms. The number of pyridine rings is 1. The van der Waals surface area contributed by atoms with E-state index in [1.807, 2.05) is 17.0 Å². The number of nitrogens with zero attached hydrogens (tertiary/aromatic N) is 7. The highest BCUT2D eigenvalue weighted by molar-refractivity contribution is 7.16. The standard InChI is InChI=1S/C32H40N8O3S/c1-19(2)30(41)40-14-12-39(13-15-40)21-16-23(35-26(17-21)42-20(3)24-8-7-11-38(24)5)29-36-31(43-37-29)32(4)10-6-9-25-27(32)22(18-33)28(34)44-25/h16-17,20,24H,1,6-15,34H2,2-5H3/t20-,24-,32-/m0/s1. The average molecular weight is 617 g/mol. The summed E-state index contributed by atoms with van der Waals surface area (Å²) in [5, 5.41) is 14.8. The third kappa shape index (κ3) is 5.43. The lowest BCUT2D eigenvalue weighted by molar-refractivity contribution is -0.127. The first-order chi connectivity index (χ1) is 21.1. The molecule has 3 aliphatic rings. The van der Waals surface area contributed by atoms with Gasteiger partial charge in [-0.15, -0.1) is 11.3 Å². The van der Waals surface area contributed by atoms with Gasteiger partial charge < -0.3 is 24.8 Å². The van der Waals surface area contributed by atoms with Gasteiger partial charge in [-0.05, 0) is 72.5 Å². The van der Waals surface area contributed by atoms with Crippen LogP contribution in [0.25, 0.3) is 11.5 Å². The lowest BCUT2D eigenvalue weighted by Gasteiger charge is -2.36. The van der Waals surface area contributed by atoms with E-state index in [-0.39, 0.29) is 12.0 Å². The number of nitrogen functional groups attached to an aromatic ring is 1. The molecule has 1 amide bonds. The monoisotopic (exact) mass is 616 g/mol. The van der Waals surface area contributed by atoms with Gasteiger partial charge >= 0.3 is 0 Å². The summed E-state index contributed by atoms with van der Waals surface area (Å²) in [6.07, 6.45) is 4.76. The molecule has 6 rings (SSSR count). The number of anilines is 2. The van der Waals surface area contributed by atoms with Crippen molar-refractivity contribution >= 4 is 27.9 Å². The summed E-state index contributed by atoms with van der Waals surface area (Å²) in [4.78, 5) is 29.8. The third-order valence-electron chi connectivity index (χ3n) is 9.39. The van der Waals surface area contributed by atoms with Crippen LogP contribution in [0.5, 0.6) is 5.88 Å². The van der Waals surface area contributed by atoms with Gasteiger partial charge in [0.2, 0.25) is 23.5 Å². The molecule has 2 aliphatic heterocycles. The maximum absolute atomic E-state index is 12.5. The van der Waals surface area contributed by atoms with Gasteiger partial charge in [-0.2, -0.15) is 10.2 Å². The number of fused-ring (bicyclic) bond motifs is 1. The van der Waals surface area contributed by atoms with Gasteiger partial charge in [0.15, 0.2) is 0 Å². The Labute approximate surface area is 262 Å². The van der Waals surface area contributed by atoms with Crippen molar-refractivity contribution in [2.75, 3.05) is 50.4 Å². The van der Waals surface area contributed by atoms with Crippen molar-refractivity contribution in [3.05, 3.63) is 46.2 Å². The number of hydrogen-bond donors (Lipinski definition) is 1. The highest BCUT2D eigenvalue weighted by Crippen LogP contribution is 2.48. The largest absolute Gasteiger partial charge is 0.473 e. The first-order valence-corrected chi connectivity index (χ1v) is 16.2. The van der Waals surface area contributed by atoms with Crippen molar-refractivity contribution in [3.63, 3.8) is 0 Å². The Hall–Kier alpha value is -3.95. The maximum atomic E-state index is 12.5. The van der Waals surface area contributed by atoms with E-state index in [9.17, 15) is 10.1 Å². The van der Waals surface area contributed by atoms with Crippen molar-refractivity contribution in [1.29, 1.82) is 5.26 Å². The Morgan fingerprint density at radius 1 is 1.25 bits per heavy atom. The number of nitrogens with two attached hydrogens (primary N) is 1. The van der Waals surface area contributed by atoms with E-state index in [2.05, 4.69) is 48.5 Å². The number of aromatic nitrogens is 3. The Balaban J connectivity index is 1.33. The van der Waals surface area contributed by atoms with E-state index < -0.39 is 5.41 Å². The van der Waals surface area contributed by atoms with E-state index in [0.717, 1.165) is 54.8 Å². The van der Waals surface area contributed by atoms with Gasteiger partial charge in [0, 0.05) is 60.0 Å². The van der Waals surface area contributed by atoms with Gasteiger partial charge in [-0.25, -0.2) is 4.98 Å². The number of thiophene rings is 1. The second-order valence-corrected chi connectivity index (χ2v) is 13.6. The smallest absolute Gasteiger partial charge is 0.249 e. The fraction of sp³-hybridized carbons (Fsp3) is 0.531. The van der Waals surface area contributed by atoms with E-state index in [4.69, 9.17) is 25.0 Å². The molecule has 2 N–H and O–H groups in total. The van der Waals surface area contributed by atoms with Crippen LogP contribution in [0.1, 0.15) is 68.3 Å². The quantitative estimate of drug-likeness (QED) is 0.381. The average Bonchev–Trinajstić information content (AvgIpc) is 3.75. The summed E-state index contributed by atoms with van der Waals surface area (Å²) in [6.45, 7) is 13.3.